The van der Waals surface area contributed by atoms with Gasteiger partial charge < -0.3 is 19.5 Å². The topological polar surface area (TPSA) is 56.8 Å². The van der Waals surface area contributed by atoms with Crippen molar-refractivity contribution in [2.45, 2.75) is 33.0 Å². The van der Waals surface area contributed by atoms with E-state index in [1.807, 2.05) is 13.8 Å². The Hall–Kier alpha value is -0.650. The molecule has 0 spiro atoms. The summed E-state index contributed by atoms with van der Waals surface area (Å²) in [6.07, 6.45) is -0.355. The van der Waals surface area contributed by atoms with E-state index in [0.717, 1.165) is 0 Å². The highest BCUT2D eigenvalue weighted by atomic mass is 16.8. The van der Waals surface area contributed by atoms with Crippen LogP contribution in [0.5, 0.6) is 0 Å². The SMILES string of the molecule is COC1OC(NC(C)=O)(OC)C(C)C1C. The second-order valence-electron chi connectivity index (χ2n) is 3.92. The summed E-state index contributed by atoms with van der Waals surface area (Å²) in [5.74, 6) is -1.07. The van der Waals surface area contributed by atoms with Gasteiger partial charge in [-0.15, -0.1) is 0 Å². The van der Waals surface area contributed by atoms with Gasteiger partial charge in [0.25, 0.3) is 5.91 Å². The van der Waals surface area contributed by atoms with Gasteiger partial charge in [0.05, 0.1) is 0 Å². The average molecular weight is 217 g/mol. The molecule has 5 nitrogen and oxygen atoms in total. The van der Waals surface area contributed by atoms with Crippen LogP contribution in [0.25, 0.3) is 0 Å². The Morgan fingerprint density at radius 2 is 2.00 bits per heavy atom. The molecular weight excluding hydrogens is 198 g/mol. The number of hydrogen-bond acceptors (Lipinski definition) is 4. The number of carbonyl (C=O) groups excluding carboxylic acids is 1. The van der Waals surface area contributed by atoms with E-state index in [9.17, 15) is 4.79 Å². The molecule has 1 N–H and O–H groups in total. The van der Waals surface area contributed by atoms with E-state index in [1.54, 1.807) is 7.11 Å². The van der Waals surface area contributed by atoms with Gasteiger partial charge in [0, 0.05) is 33.0 Å². The van der Waals surface area contributed by atoms with Crippen molar-refractivity contribution in [3.63, 3.8) is 0 Å². The van der Waals surface area contributed by atoms with Gasteiger partial charge in [-0.25, -0.2) is 0 Å². The normalized spacial score (nSPS) is 40.5. The molecule has 1 fully saturated rings. The second kappa shape index (κ2) is 4.47. The molecule has 5 heteroatoms. The van der Waals surface area contributed by atoms with Crippen molar-refractivity contribution in [3.8, 4) is 0 Å². The number of ether oxygens (including phenoxy) is 3. The van der Waals surface area contributed by atoms with Crippen LogP contribution in [0.3, 0.4) is 0 Å². The Balaban J connectivity index is 2.86. The van der Waals surface area contributed by atoms with Crippen LogP contribution in [0.1, 0.15) is 20.8 Å². The molecule has 1 aliphatic heterocycles. The number of amides is 1. The fourth-order valence-corrected chi connectivity index (χ4v) is 1.91. The molecule has 0 bridgehead atoms. The Labute approximate surface area is 90.1 Å². The van der Waals surface area contributed by atoms with E-state index in [0.29, 0.717) is 0 Å². The lowest BCUT2D eigenvalue weighted by Gasteiger charge is -2.31. The van der Waals surface area contributed by atoms with E-state index in [4.69, 9.17) is 14.2 Å². The summed E-state index contributed by atoms with van der Waals surface area (Å²) in [7, 11) is 3.09. The molecule has 0 aromatic rings. The standard InChI is InChI=1S/C10H19NO4/c1-6-7(2)10(14-5,11-8(3)12)15-9(6)13-4/h6-7,9H,1-5H3,(H,11,12). The van der Waals surface area contributed by atoms with Crippen molar-refractivity contribution in [2.24, 2.45) is 11.8 Å². The Kier molecular flexibility index (Phi) is 3.70. The molecule has 15 heavy (non-hydrogen) atoms. The number of methoxy groups -OCH3 is 2. The van der Waals surface area contributed by atoms with E-state index in [-0.39, 0.29) is 24.0 Å². The van der Waals surface area contributed by atoms with E-state index >= 15 is 0 Å². The Bertz CT molecular complexity index is 246. The van der Waals surface area contributed by atoms with Crippen LogP contribution in [0.15, 0.2) is 0 Å². The molecule has 1 aliphatic rings. The summed E-state index contributed by atoms with van der Waals surface area (Å²) in [6.45, 7) is 5.40. The Morgan fingerprint density at radius 3 is 2.33 bits per heavy atom. The second-order valence-corrected chi connectivity index (χ2v) is 3.92. The van der Waals surface area contributed by atoms with Gasteiger partial charge in [0.2, 0.25) is 5.91 Å². The smallest absolute Gasteiger partial charge is 0.256 e. The minimum Gasteiger partial charge on any atom is -0.355 e. The van der Waals surface area contributed by atoms with Crippen LogP contribution in [0.4, 0.5) is 0 Å². The molecule has 1 saturated heterocycles. The molecule has 4 atom stereocenters. The monoisotopic (exact) mass is 217 g/mol. The summed E-state index contributed by atoms with van der Waals surface area (Å²) < 4.78 is 16.1. The van der Waals surface area contributed by atoms with Gasteiger partial charge in [0.1, 0.15) is 0 Å². The van der Waals surface area contributed by atoms with Crippen LogP contribution in [0.2, 0.25) is 0 Å². The maximum atomic E-state index is 11.1. The number of nitrogens with one attached hydrogen (secondary N) is 1. The highest BCUT2D eigenvalue weighted by Gasteiger charge is 2.52. The fourth-order valence-electron chi connectivity index (χ4n) is 1.91. The molecule has 0 aliphatic carbocycles. The maximum Gasteiger partial charge on any atom is 0.256 e. The molecule has 1 amide bonds. The average Bonchev–Trinajstić information content (AvgIpc) is 2.42. The first-order valence-electron chi connectivity index (χ1n) is 5.01. The highest BCUT2D eigenvalue weighted by molar-refractivity contribution is 5.73. The number of rotatable bonds is 3. The van der Waals surface area contributed by atoms with E-state index < -0.39 is 5.91 Å². The first-order chi connectivity index (χ1) is 6.96. The molecule has 1 heterocycles. The predicted octanol–water partition coefficient (Wildman–Crippen LogP) is 0.698. The zero-order valence-corrected chi connectivity index (χ0v) is 9.87. The minimum atomic E-state index is -1.06. The quantitative estimate of drug-likeness (QED) is 0.707. The van der Waals surface area contributed by atoms with Gasteiger partial charge in [0.15, 0.2) is 6.29 Å². The molecule has 0 aromatic carbocycles. The third-order valence-corrected chi connectivity index (χ3v) is 2.99. The zero-order valence-electron chi connectivity index (χ0n) is 9.87. The predicted molar refractivity (Wildman–Crippen MR) is 53.8 cm³/mol. The van der Waals surface area contributed by atoms with Crippen molar-refractivity contribution in [1.29, 1.82) is 0 Å². The molecule has 0 radical (unpaired) electrons. The fraction of sp³-hybridized carbons (Fsp3) is 0.900. The number of carbonyl (C=O) groups is 1. The van der Waals surface area contributed by atoms with E-state index in [2.05, 4.69) is 5.32 Å². The maximum absolute atomic E-state index is 11.1. The molecule has 4 unspecified atom stereocenters. The first kappa shape index (κ1) is 12.4. The summed E-state index contributed by atoms with van der Waals surface area (Å²) >= 11 is 0. The zero-order chi connectivity index (χ0) is 11.6. The van der Waals surface area contributed by atoms with Gasteiger partial charge in [-0.1, -0.05) is 13.8 Å². The molecule has 0 aromatic heterocycles. The lowest BCUT2D eigenvalue weighted by Crippen LogP contribution is -2.53. The summed E-state index contributed by atoms with van der Waals surface area (Å²) in [6, 6.07) is 0. The lowest BCUT2D eigenvalue weighted by molar-refractivity contribution is -0.279. The summed E-state index contributed by atoms with van der Waals surface area (Å²) in [5, 5.41) is 2.69. The van der Waals surface area contributed by atoms with E-state index in [1.165, 1.54) is 14.0 Å². The highest BCUT2D eigenvalue weighted by Crippen LogP contribution is 2.39. The van der Waals surface area contributed by atoms with Gasteiger partial charge in [-0.2, -0.15) is 0 Å². The molecule has 0 saturated carbocycles. The van der Waals surface area contributed by atoms with Gasteiger partial charge >= 0.3 is 0 Å². The van der Waals surface area contributed by atoms with Crippen LogP contribution in [-0.4, -0.2) is 32.3 Å². The summed E-state index contributed by atoms with van der Waals surface area (Å²) in [5.41, 5.74) is 0. The third-order valence-electron chi connectivity index (χ3n) is 2.99. The minimum absolute atomic E-state index is 0.0244. The molecule has 1 rings (SSSR count). The van der Waals surface area contributed by atoms with Crippen molar-refractivity contribution >= 4 is 5.91 Å². The van der Waals surface area contributed by atoms with Crippen LogP contribution in [0, 0.1) is 11.8 Å². The summed E-state index contributed by atoms with van der Waals surface area (Å²) in [4.78, 5) is 11.1. The van der Waals surface area contributed by atoms with Crippen LogP contribution in [-0.2, 0) is 19.0 Å². The molecular formula is C10H19NO4. The van der Waals surface area contributed by atoms with Crippen LogP contribution < -0.4 is 5.32 Å². The van der Waals surface area contributed by atoms with Crippen molar-refractivity contribution in [3.05, 3.63) is 0 Å². The van der Waals surface area contributed by atoms with Gasteiger partial charge in [-0.3, -0.25) is 4.79 Å². The Morgan fingerprint density at radius 1 is 1.40 bits per heavy atom. The van der Waals surface area contributed by atoms with Crippen molar-refractivity contribution in [2.75, 3.05) is 14.2 Å². The van der Waals surface area contributed by atoms with Gasteiger partial charge in [-0.05, 0) is 0 Å². The largest absolute Gasteiger partial charge is 0.355 e. The first-order valence-corrected chi connectivity index (χ1v) is 5.01. The number of hydrogen-bond donors (Lipinski definition) is 1. The van der Waals surface area contributed by atoms with Crippen molar-refractivity contribution in [1.82, 2.24) is 5.32 Å². The van der Waals surface area contributed by atoms with Crippen molar-refractivity contribution < 1.29 is 19.0 Å². The molecule has 88 valence electrons. The lowest BCUT2D eigenvalue weighted by atomic mass is 9.95. The van der Waals surface area contributed by atoms with Crippen LogP contribution >= 0.6 is 0 Å². The third kappa shape index (κ3) is 2.14.